The maximum Gasteiger partial charge on any atom is 0.303 e. The minimum Gasteiger partial charge on any atom is -0.497 e. The summed E-state index contributed by atoms with van der Waals surface area (Å²) in [6, 6.07) is 24.4. The molecule has 0 radical (unpaired) electrons. The van der Waals surface area contributed by atoms with Crippen LogP contribution in [0, 0.1) is 0 Å². The highest BCUT2D eigenvalue weighted by atomic mass is 16.5. The van der Waals surface area contributed by atoms with E-state index in [0.717, 1.165) is 28.1 Å². The van der Waals surface area contributed by atoms with Gasteiger partial charge in [0.25, 0.3) is 5.91 Å². The first-order valence-corrected chi connectivity index (χ1v) is 10.8. The molecule has 1 amide bonds. The molecule has 0 aliphatic carbocycles. The number of methoxy groups -OCH3 is 1. The lowest BCUT2D eigenvalue weighted by atomic mass is 10.1. The summed E-state index contributed by atoms with van der Waals surface area (Å²) in [5.41, 5.74) is 4.24. The quantitative estimate of drug-likeness (QED) is 0.377. The zero-order chi connectivity index (χ0) is 23.9. The molecule has 172 valence electrons. The maximum atomic E-state index is 12.8. The number of benzene rings is 3. The molecule has 2 N–H and O–H groups in total. The molecular weight excluding hydrogens is 430 g/mol. The number of nitrogens with one attached hydrogen (secondary N) is 2. The van der Waals surface area contributed by atoms with Crippen molar-refractivity contribution in [2.24, 2.45) is 0 Å². The van der Waals surface area contributed by atoms with Crippen LogP contribution in [0.25, 0.3) is 22.6 Å². The number of hydrogen-bond acceptors (Lipinski definition) is 5. The number of carbonyl (C=O) groups is 2. The largest absolute Gasteiger partial charge is 0.497 e. The second kappa shape index (κ2) is 10.5. The normalized spacial score (nSPS) is 11.5. The molecule has 4 rings (SSSR count). The van der Waals surface area contributed by atoms with Crippen molar-refractivity contribution < 1.29 is 19.1 Å². The van der Waals surface area contributed by atoms with Crippen LogP contribution in [-0.4, -0.2) is 29.0 Å². The Balaban J connectivity index is 1.47. The van der Waals surface area contributed by atoms with Crippen molar-refractivity contribution >= 4 is 11.9 Å². The molecule has 0 aliphatic rings. The van der Waals surface area contributed by atoms with E-state index >= 15 is 0 Å². The van der Waals surface area contributed by atoms with Crippen LogP contribution < -0.4 is 10.1 Å². The minimum absolute atomic E-state index is 0.278. The van der Waals surface area contributed by atoms with Crippen LogP contribution in [-0.2, 0) is 20.9 Å². The molecule has 0 saturated heterocycles. The lowest BCUT2D eigenvalue weighted by Crippen LogP contribution is -2.31. The highest BCUT2D eigenvalue weighted by molar-refractivity contribution is 5.84. The van der Waals surface area contributed by atoms with E-state index in [9.17, 15) is 9.59 Å². The molecule has 7 heteroatoms. The molecule has 0 bridgehead atoms. The average Bonchev–Trinajstić information content (AvgIpc) is 3.37. The number of esters is 1. The summed E-state index contributed by atoms with van der Waals surface area (Å²) in [7, 11) is 1.63. The smallest absolute Gasteiger partial charge is 0.303 e. The van der Waals surface area contributed by atoms with Gasteiger partial charge in [-0.25, -0.2) is 4.98 Å². The molecule has 1 aromatic heterocycles. The summed E-state index contributed by atoms with van der Waals surface area (Å²) in [5.74, 6) is 0.586. The van der Waals surface area contributed by atoms with Gasteiger partial charge in [0.1, 0.15) is 11.6 Å². The SMILES string of the molecule is COc1cccc(-c2cnc(-c3cccc(CNC(=O)C(OC(C)=O)c4ccccc4)c3)[nH]2)c1. The number of ether oxygens (including phenoxy) is 2. The Hall–Kier alpha value is -4.39. The van der Waals surface area contributed by atoms with E-state index in [4.69, 9.17) is 9.47 Å². The van der Waals surface area contributed by atoms with Crippen molar-refractivity contribution in [2.75, 3.05) is 7.11 Å². The van der Waals surface area contributed by atoms with Crippen LogP contribution in [0.3, 0.4) is 0 Å². The van der Waals surface area contributed by atoms with Gasteiger partial charge in [-0.1, -0.05) is 60.7 Å². The number of H-pyrrole nitrogens is 1. The van der Waals surface area contributed by atoms with E-state index in [0.29, 0.717) is 11.4 Å². The van der Waals surface area contributed by atoms with Gasteiger partial charge in [-0.15, -0.1) is 0 Å². The van der Waals surface area contributed by atoms with E-state index in [2.05, 4.69) is 15.3 Å². The molecule has 1 atom stereocenters. The van der Waals surface area contributed by atoms with Crippen LogP contribution in [0.4, 0.5) is 0 Å². The third-order valence-corrected chi connectivity index (χ3v) is 5.25. The van der Waals surface area contributed by atoms with Gasteiger partial charge >= 0.3 is 5.97 Å². The van der Waals surface area contributed by atoms with Gasteiger partial charge in [0.2, 0.25) is 6.10 Å². The summed E-state index contributed by atoms with van der Waals surface area (Å²) in [6.45, 7) is 1.57. The Kier molecular flexibility index (Phi) is 7.03. The molecule has 1 heterocycles. The molecule has 0 fully saturated rings. The Morgan fingerprint density at radius 3 is 2.50 bits per heavy atom. The number of rotatable bonds is 8. The first-order valence-electron chi connectivity index (χ1n) is 10.8. The zero-order valence-electron chi connectivity index (χ0n) is 18.9. The topological polar surface area (TPSA) is 93.3 Å². The predicted molar refractivity (Wildman–Crippen MR) is 129 cm³/mol. The molecule has 7 nitrogen and oxygen atoms in total. The van der Waals surface area contributed by atoms with E-state index in [1.807, 2.05) is 54.6 Å². The lowest BCUT2D eigenvalue weighted by Gasteiger charge is -2.17. The number of hydrogen-bond donors (Lipinski definition) is 2. The molecule has 0 aliphatic heterocycles. The second-order valence-electron chi connectivity index (χ2n) is 7.70. The van der Waals surface area contributed by atoms with Gasteiger partial charge in [-0.05, 0) is 23.8 Å². The Labute approximate surface area is 197 Å². The van der Waals surface area contributed by atoms with Gasteiger partial charge in [0, 0.05) is 30.2 Å². The minimum atomic E-state index is -1.00. The lowest BCUT2D eigenvalue weighted by molar-refractivity contribution is -0.154. The number of amides is 1. The number of aromatic nitrogens is 2. The van der Waals surface area contributed by atoms with Crippen LogP contribution in [0.15, 0.2) is 85.1 Å². The van der Waals surface area contributed by atoms with E-state index in [1.165, 1.54) is 6.92 Å². The molecule has 3 aromatic carbocycles. The summed E-state index contributed by atoms with van der Waals surface area (Å²) < 4.78 is 10.6. The zero-order valence-corrected chi connectivity index (χ0v) is 18.9. The molecule has 1 unspecified atom stereocenters. The van der Waals surface area contributed by atoms with Crippen molar-refractivity contribution in [1.82, 2.24) is 15.3 Å². The van der Waals surface area contributed by atoms with Crippen molar-refractivity contribution in [2.45, 2.75) is 19.6 Å². The standard InChI is InChI=1S/C27H25N3O4/c1-18(31)34-25(20-9-4-3-5-10-20)27(32)29-16-19-8-6-12-22(14-19)26-28-17-24(30-26)21-11-7-13-23(15-21)33-2/h3-15,17,25H,16H2,1-2H3,(H,28,30)(H,29,32). The van der Waals surface area contributed by atoms with Crippen LogP contribution in [0.5, 0.6) is 5.75 Å². The number of imidazole rings is 1. The van der Waals surface area contributed by atoms with Crippen LogP contribution >= 0.6 is 0 Å². The van der Waals surface area contributed by atoms with Gasteiger partial charge in [0.05, 0.1) is 19.0 Å². The summed E-state index contributed by atoms with van der Waals surface area (Å²) >= 11 is 0. The molecular formula is C27H25N3O4. The maximum absolute atomic E-state index is 12.8. The Bertz CT molecular complexity index is 1280. The fourth-order valence-electron chi connectivity index (χ4n) is 3.58. The number of carbonyl (C=O) groups excluding carboxylic acids is 2. The monoisotopic (exact) mass is 455 g/mol. The van der Waals surface area contributed by atoms with Gasteiger partial charge in [-0.2, -0.15) is 0 Å². The highest BCUT2D eigenvalue weighted by Gasteiger charge is 2.23. The van der Waals surface area contributed by atoms with Crippen LogP contribution in [0.2, 0.25) is 0 Å². The molecule has 34 heavy (non-hydrogen) atoms. The predicted octanol–water partition coefficient (Wildman–Crippen LogP) is 4.67. The fraction of sp³-hybridized carbons (Fsp3) is 0.148. The summed E-state index contributed by atoms with van der Waals surface area (Å²) in [4.78, 5) is 32.2. The van der Waals surface area contributed by atoms with E-state index in [-0.39, 0.29) is 12.5 Å². The van der Waals surface area contributed by atoms with Crippen LogP contribution in [0.1, 0.15) is 24.2 Å². The molecule has 0 saturated carbocycles. The first-order chi connectivity index (χ1) is 16.5. The van der Waals surface area contributed by atoms with Gasteiger partial charge in [0.15, 0.2) is 0 Å². The molecule has 0 spiro atoms. The van der Waals surface area contributed by atoms with Crippen molar-refractivity contribution in [3.8, 4) is 28.4 Å². The molecule has 4 aromatic rings. The third kappa shape index (κ3) is 5.50. The summed E-state index contributed by atoms with van der Waals surface area (Å²) in [6.07, 6.45) is 0.777. The van der Waals surface area contributed by atoms with Gasteiger partial charge < -0.3 is 19.8 Å². The number of nitrogens with zero attached hydrogens (tertiary/aromatic N) is 1. The van der Waals surface area contributed by atoms with Crippen molar-refractivity contribution in [3.05, 3.63) is 96.2 Å². The Morgan fingerprint density at radius 1 is 0.971 bits per heavy atom. The van der Waals surface area contributed by atoms with Gasteiger partial charge in [-0.3, -0.25) is 9.59 Å². The average molecular weight is 456 g/mol. The van der Waals surface area contributed by atoms with Crippen molar-refractivity contribution in [3.63, 3.8) is 0 Å². The third-order valence-electron chi connectivity index (χ3n) is 5.25. The fourth-order valence-corrected chi connectivity index (χ4v) is 3.58. The highest BCUT2D eigenvalue weighted by Crippen LogP contribution is 2.25. The van der Waals surface area contributed by atoms with Crippen molar-refractivity contribution in [1.29, 1.82) is 0 Å². The number of aromatic amines is 1. The van der Waals surface area contributed by atoms with E-state index < -0.39 is 12.1 Å². The summed E-state index contributed by atoms with van der Waals surface area (Å²) in [5, 5.41) is 2.86. The Morgan fingerprint density at radius 2 is 1.74 bits per heavy atom. The van der Waals surface area contributed by atoms with E-state index in [1.54, 1.807) is 37.6 Å². The second-order valence-corrected chi connectivity index (χ2v) is 7.70. The first kappa shape index (κ1) is 22.8.